The Kier molecular flexibility index (Phi) is 3.53. The number of hydrogen-bond acceptors (Lipinski definition) is 4. The van der Waals surface area contributed by atoms with E-state index < -0.39 is 5.69 Å². The molecule has 5 heteroatoms. The summed E-state index contributed by atoms with van der Waals surface area (Å²) < 4.78 is 5.94. The Bertz CT molecular complexity index is 384. The molecule has 1 aromatic heterocycles. The summed E-state index contributed by atoms with van der Waals surface area (Å²) in [7, 11) is 1.44. The number of methoxy groups -OCH3 is 1. The summed E-state index contributed by atoms with van der Waals surface area (Å²) in [6, 6.07) is 0. The summed E-state index contributed by atoms with van der Waals surface area (Å²) in [5.74, 6) is -0.151. The Morgan fingerprint density at radius 1 is 1.64 bits per heavy atom. The topological polar surface area (TPSA) is 61.2 Å². The second-order valence-electron chi connectivity index (χ2n) is 3.01. The molecule has 0 radical (unpaired) electrons. The van der Waals surface area contributed by atoms with E-state index >= 15 is 0 Å². The summed E-state index contributed by atoms with van der Waals surface area (Å²) in [6.45, 7) is 1.84. The van der Waals surface area contributed by atoms with Gasteiger partial charge in [-0.05, 0) is 12.5 Å². The highest BCUT2D eigenvalue weighted by molar-refractivity contribution is 5.79. The second kappa shape index (κ2) is 4.66. The van der Waals surface area contributed by atoms with E-state index in [1.54, 1.807) is 6.20 Å². The lowest BCUT2D eigenvalue weighted by atomic mass is 10.3. The minimum atomic E-state index is -0.417. The molecule has 0 spiro atoms. The van der Waals surface area contributed by atoms with Crippen molar-refractivity contribution in [2.24, 2.45) is 0 Å². The first kappa shape index (κ1) is 10.6. The highest BCUT2D eigenvalue weighted by atomic mass is 16.5. The average Bonchev–Trinajstić information content (AvgIpc) is 2.12. The highest BCUT2D eigenvalue weighted by Crippen LogP contribution is 1.90. The lowest BCUT2D eigenvalue weighted by Crippen LogP contribution is -2.27. The smallest absolute Gasteiger partial charge is 0.347 e. The maximum atomic E-state index is 11.2. The molecule has 0 N–H and O–H groups in total. The Hall–Kier alpha value is -1.49. The minimum Gasteiger partial charge on any atom is -0.377 e. The maximum Gasteiger partial charge on any atom is 0.347 e. The van der Waals surface area contributed by atoms with Crippen LogP contribution in [0.5, 0.6) is 0 Å². The van der Waals surface area contributed by atoms with Gasteiger partial charge in [-0.15, -0.1) is 0 Å². The molecular formula is C9H12N2O3. The van der Waals surface area contributed by atoms with Gasteiger partial charge in [0.2, 0.25) is 0 Å². The molecule has 0 fully saturated rings. The Morgan fingerprint density at radius 3 is 3.00 bits per heavy atom. The van der Waals surface area contributed by atoms with Crippen LogP contribution in [0.4, 0.5) is 0 Å². The fourth-order valence-electron chi connectivity index (χ4n) is 1.08. The molecule has 0 aliphatic carbocycles. The summed E-state index contributed by atoms with van der Waals surface area (Å²) in [4.78, 5) is 25.9. The van der Waals surface area contributed by atoms with Gasteiger partial charge in [0.25, 0.3) is 0 Å². The molecule has 0 aromatic carbocycles. The van der Waals surface area contributed by atoms with Crippen molar-refractivity contribution in [2.45, 2.75) is 13.5 Å². The standard InChI is InChI=1S/C9H12N2O3/c1-7-3-10-9(13)11(4-7)5-8(12)6-14-2/h3-4H,5-6H2,1-2H3. The predicted molar refractivity (Wildman–Crippen MR) is 50.1 cm³/mol. The fourth-order valence-corrected chi connectivity index (χ4v) is 1.08. The number of Topliss-reactive ketones (excluding diaryl/α,β-unsaturated/α-hetero) is 1. The summed E-state index contributed by atoms with van der Waals surface area (Å²) in [5.41, 5.74) is 0.426. The zero-order valence-corrected chi connectivity index (χ0v) is 8.19. The van der Waals surface area contributed by atoms with Crippen molar-refractivity contribution in [2.75, 3.05) is 13.7 Å². The van der Waals surface area contributed by atoms with Crippen LogP contribution in [-0.2, 0) is 16.1 Å². The average molecular weight is 196 g/mol. The number of ketones is 1. The maximum absolute atomic E-state index is 11.2. The lowest BCUT2D eigenvalue weighted by Gasteiger charge is -2.03. The van der Waals surface area contributed by atoms with Crippen molar-refractivity contribution < 1.29 is 9.53 Å². The predicted octanol–water partition coefficient (Wildman–Crippen LogP) is -0.233. The van der Waals surface area contributed by atoms with Gasteiger partial charge in [-0.2, -0.15) is 0 Å². The third kappa shape index (κ3) is 2.77. The van der Waals surface area contributed by atoms with E-state index in [-0.39, 0.29) is 18.9 Å². The van der Waals surface area contributed by atoms with Crippen LogP contribution in [-0.4, -0.2) is 29.1 Å². The number of carbonyl (C=O) groups excluding carboxylic acids is 1. The second-order valence-corrected chi connectivity index (χ2v) is 3.01. The summed E-state index contributed by atoms with van der Waals surface area (Å²) in [6.07, 6.45) is 3.07. The van der Waals surface area contributed by atoms with Crippen molar-refractivity contribution in [3.63, 3.8) is 0 Å². The largest absolute Gasteiger partial charge is 0.377 e. The molecule has 5 nitrogen and oxygen atoms in total. The van der Waals surface area contributed by atoms with Crippen molar-refractivity contribution in [1.82, 2.24) is 9.55 Å². The zero-order chi connectivity index (χ0) is 10.6. The minimum absolute atomic E-state index is 0.0143. The van der Waals surface area contributed by atoms with Crippen LogP contribution in [0, 0.1) is 6.92 Å². The molecular weight excluding hydrogens is 184 g/mol. The Labute approximate surface area is 81.3 Å². The lowest BCUT2D eigenvalue weighted by molar-refractivity contribution is -0.123. The number of aromatic nitrogens is 2. The van der Waals surface area contributed by atoms with Gasteiger partial charge < -0.3 is 4.74 Å². The normalized spacial score (nSPS) is 10.1. The van der Waals surface area contributed by atoms with Crippen LogP contribution in [0.25, 0.3) is 0 Å². The van der Waals surface area contributed by atoms with Crippen LogP contribution >= 0.6 is 0 Å². The number of ether oxygens (including phenoxy) is 1. The molecule has 1 heterocycles. The number of aryl methyl sites for hydroxylation is 1. The first-order valence-corrected chi connectivity index (χ1v) is 4.17. The molecule has 14 heavy (non-hydrogen) atoms. The molecule has 1 rings (SSSR count). The molecule has 0 aliphatic rings. The van der Waals surface area contributed by atoms with Crippen molar-refractivity contribution in [3.8, 4) is 0 Å². The monoisotopic (exact) mass is 196 g/mol. The number of hydrogen-bond donors (Lipinski definition) is 0. The van der Waals surface area contributed by atoms with Gasteiger partial charge in [0, 0.05) is 19.5 Å². The third-order valence-corrected chi connectivity index (χ3v) is 1.64. The van der Waals surface area contributed by atoms with E-state index in [1.807, 2.05) is 6.92 Å². The molecule has 1 aromatic rings. The van der Waals surface area contributed by atoms with Crippen molar-refractivity contribution in [1.29, 1.82) is 0 Å². The van der Waals surface area contributed by atoms with Gasteiger partial charge in [0.05, 0.1) is 6.54 Å². The van der Waals surface area contributed by atoms with E-state index in [0.717, 1.165) is 5.56 Å². The van der Waals surface area contributed by atoms with Crippen LogP contribution in [0.3, 0.4) is 0 Å². The molecule has 0 atom stereocenters. The van der Waals surface area contributed by atoms with Gasteiger partial charge >= 0.3 is 5.69 Å². The zero-order valence-electron chi connectivity index (χ0n) is 8.19. The van der Waals surface area contributed by atoms with Gasteiger partial charge in [-0.25, -0.2) is 9.78 Å². The summed E-state index contributed by atoms with van der Waals surface area (Å²) >= 11 is 0. The molecule has 0 amide bonds. The van der Waals surface area contributed by atoms with E-state index in [4.69, 9.17) is 0 Å². The van der Waals surface area contributed by atoms with Crippen molar-refractivity contribution >= 4 is 5.78 Å². The SMILES string of the molecule is COCC(=O)Cn1cc(C)cnc1=O. The molecule has 0 unspecified atom stereocenters. The quantitative estimate of drug-likeness (QED) is 0.667. The van der Waals surface area contributed by atoms with E-state index in [0.29, 0.717) is 0 Å². The Morgan fingerprint density at radius 2 is 2.36 bits per heavy atom. The molecule has 0 saturated carbocycles. The van der Waals surface area contributed by atoms with Gasteiger partial charge in [-0.3, -0.25) is 9.36 Å². The molecule has 0 aliphatic heterocycles. The Balaban J connectivity index is 2.81. The first-order chi connectivity index (χ1) is 6.63. The van der Waals surface area contributed by atoms with E-state index in [9.17, 15) is 9.59 Å². The van der Waals surface area contributed by atoms with Crippen LogP contribution in [0.2, 0.25) is 0 Å². The molecule has 76 valence electrons. The van der Waals surface area contributed by atoms with Crippen LogP contribution in [0.15, 0.2) is 17.2 Å². The van der Waals surface area contributed by atoms with Gasteiger partial charge in [-0.1, -0.05) is 0 Å². The number of carbonyl (C=O) groups is 1. The van der Waals surface area contributed by atoms with Crippen molar-refractivity contribution in [3.05, 3.63) is 28.4 Å². The highest BCUT2D eigenvalue weighted by Gasteiger charge is 2.04. The van der Waals surface area contributed by atoms with Crippen LogP contribution < -0.4 is 5.69 Å². The first-order valence-electron chi connectivity index (χ1n) is 4.17. The third-order valence-electron chi connectivity index (χ3n) is 1.64. The number of nitrogens with zero attached hydrogens (tertiary/aromatic N) is 2. The van der Waals surface area contributed by atoms with Gasteiger partial charge in [0.15, 0.2) is 5.78 Å². The molecule has 0 saturated heterocycles. The van der Waals surface area contributed by atoms with Gasteiger partial charge in [0.1, 0.15) is 6.61 Å². The van der Waals surface area contributed by atoms with E-state index in [1.165, 1.54) is 17.9 Å². The summed E-state index contributed by atoms with van der Waals surface area (Å²) in [5, 5.41) is 0. The fraction of sp³-hybridized carbons (Fsp3) is 0.444. The number of rotatable bonds is 4. The molecule has 0 bridgehead atoms. The van der Waals surface area contributed by atoms with Crippen LogP contribution in [0.1, 0.15) is 5.56 Å². The van der Waals surface area contributed by atoms with E-state index in [2.05, 4.69) is 9.72 Å².